The maximum Gasteiger partial charge on any atom is 0.306 e. The molecule has 2 atom stereocenters. The van der Waals surface area contributed by atoms with E-state index in [0.717, 1.165) is 0 Å². The minimum Gasteiger partial charge on any atom is -0.481 e. The average molecular weight is 142 g/mol. The lowest BCUT2D eigenvalue weighted by Gasteiger charge is -2.06. The van der Waals surface area contributed by atoms with E-state index in [2.05, 4.69) is 0 Å². The van der Waals surface area contributed by atoms with Gasteiger partial charge in [0.2, 0.25) is 0 Å². The number of hydrogen-bond donors (Lipinski definition) is 1. The predicted molar refractivity (Wildman–Crippen MR) is 35.7 cm³/mol. The minimum absolute atomic E-state index is 0.0703. The summed E-state index contributed by atoms with van der Waals surface area (Å²) in [4.78, 5) is 10.1. The first kappa shape index (κ1) is 7.28. The Morgan fingerprint density at radius 2 is 2.40 bits per heavy atom. The van der Waals surface area contributed by atoms with E-state index in [1.54, 1.807) is 6.08 Å². The SMILES string of the molecule is C[C@H]1C=C[C@H](CC(=O)O)O1. The average Bonchev–Trinajstić information content (AvgIpc) is 2.13. The van der Waals surface area contributed by atoms with Crippen LogP contribution >= 0.6 is 0 Å². The number of carboxylic acid groups (broad SMARTS) is 1. The fraction of sp³-hybridized carbons (Fsp3) is 0.571. The van der Waals surface area contributed by atoms with Crippen LogP contribution in [0.4, 0.5) is 0 Å². The van der Waals surface area contributed by atoms with Gasteiger partial charge < -0.3 is 9.84 Å². The van der Waals surface area contributed by atoms with Crippen molar-refractivity contribution in [2.45, 2.75) is 25.6 Å². The van der Waals surface area contributed by atoms with Crippen LogP contribution in [-0.4, -0.2) is 23.3 Å². The molecule has 0 saturated carbocycles. The summed E-state index contributed by atoms with van der Waals surface area (Å²) >= 11 is 0. The van der Waals surface area contributed by atoms with E-state index >= 15 is 0 Å². The molecule has 0 aromatic carbocycles. The van der Waals surface area contributed by atoms with Gasteiger partial charge in [-0.05, 0) is 6.92 Å². The van der Waals surface area contributed by atoms with Gasteiger partial charge in [0.25, 0.3) is 0 Å². The number of carbonyl (C=O) groups is 1. The Bertz CT molecular complexity index is 162. The molecule has 3 heteroatoms. The second-order valence-electron chi connectivity index (χ2n) is 2.36. The van der Waals surface area contributed by atoms with E-state index in [4.69, 9.17) is 9.84 Å². The molecule has 0 radical (unpaired) electrons. The lowest BCUT2D eigenvalue weighted by molar-refractivity contribution is -0.139. The van der Waals surface area contributed by atoms with Crippen molar-refractivity contribution in [1.82, 2.24) is 0 Å². The van der Waals surface area contributed by atoms with Gasteiger partial charge in [0, 0.05) is 0 Å². The van der Waals surface area contributed by atoms with Crippen molar-refractivity contribution in [3.63, 3.8) is 0 Å². The highest BCUT2D eigenvalue weighted by atomic mass is 16.5. The third-order valence-corrected chi connectivity index (χ3v) is 1.36. The molecule has 1 N–H and O–H groups in total. The van der Waals surface area contributed by atoms with Crippen LogP contribution in [0.2, 0.25) is 0 Å². The van der Waals surface area contributed by atoms with Crippen molar-refractivity contribution in [1.29, 1.82) is 0 Å². The number of aliphatic carboxylic acids is 1. The van der Waals surface area contributed by atoms with Gasteiger partial charge in [-0.3, -0.25) is 4.79 Å². The zero-order valence-corrected chi connectivity index (χ0v) is 5.78. The highest BCUT2D eigenvalue weighted by Crippen LogP contribution is 2.12. The maximum atomic E-state index is 10.1. The molecule has 0 aromatic rings. The van der Waals surface area contributed by atoms with E-state index in [9.17, 15) is 4.79 Å². The van der Waals surface area contributed by atoms with Crippen LogP contribution in [0.25, 0.3) is 0 Å². The summed E-state index contributed by atoms with van der Waals surface area (Å²) in [6, 6.07) is 0. The van der Waals surface area contributed by atoms with Crippen LogP contribution in [-0.2, 0) is 9.53 Å². The molecular weight excluding hydrogens is 132 g/mol. The lowest BCUT2D eigenvalue weighted by Crippen LogP contribution is -2.13. The topological polar surface area (TPSA) is 46.5 Å². The van der Waals surface area contributed by atoms with Crippen LogP contribution < -0.4 is 0 Å². The smallest absolute Gasteiger partial charge is 0.306 e. The first-order valence-corrected chi connectivity index (χ1v) is 3.24. The van der Waals surface area contributed by atoms with Crippen LogP contribution in [0.5, 0.6) is 0 Å². The van der Waals surface area contributed by atoms with Crippen molar-refractivity contribution >= 4 is 5.97 Å². The van der Waals surface area contributed by atoms with Gasteiger partial charge in [-0.15, -0.1) is 0 Å². The molecule has 0 bridgehead atoms. The van der Waals surface area contributed by atoms with Gasteiger partial charge >= 0.3 is 5.97 Å². The van der Waals surface area contributed by atoms with E-state index in [0.29, 0.717) is 0 Å². The van der Waals surface area contributed by atoms with Crippen molar-refractivity contribution in [2.24, 2.45) is 0 Å². The zero-order chi connectivity index (χ0) is 7.56. The molecule has 1 rings (SSSR count). The third kappa shape index (κ3) is 1.84. The number of ether oxygens (including phenoxy) is 1. The first-order chi connectivity index (χ1) is 4.68. The Balaban J connectivity index is 2.33. The lowest BCUT2D eigenvalue weighted by atomic mass is 10.2. The Labute approximate surface area is 59.3 Å². The highest BCUT2D eigenvalue weighted by Gasteiger charge is 2.17. The van der Waals surface area contributed by atoms with Crippen molar-refractivity contribution in [2.75, 3.05) is 0 Å². The molecule has 0 aliphatic carbocycles. The Morgan fingerprint density at radius 3 is 2.80 bits per heavy atom. The van der Waals surface area contributed by atoms with E-state index in [1.807, 2.05) is 13.0 Å². The summed E-state index contributed by atoms with van der Waals surface area (Å²) in [5, 5.41) is 8.35. The fourth-order valence-electron chi connectivity index (χ4n) is 0.935. The molecule has 0 amide bonds. The Morgan fingerprint density at radius 1 is 1.70 bits per heavy atom. The fourth-order valence-corrected chi connectivity index (χ4v) is 0.935. The van der Waals surface area contributed by atoms with Gasteiger partial charge in [-0.25, -0.2) is 0 Å². The number of carboxylic acids is 1. The van der Waals surface area contributed by atoms with Gasteiger partial charge in [-0.1, -0.05) is 12.2 Å². The van der Waals surface area contributed by atoms with Crippen molar-refractivity contribution in [3.05, 3.63) is 12.2 Å². The molecular formula is C7H10O3. The summed E-state index contributed by atoms with van der Waals surface area (Å²) in [6.07, 6.45) is 3.59. The monoisotopic (exact) mass is 142 g/mol. The summed E-state index contributed by atoms with van der Waals surface area (Å²) in [5.74, 6) is -0.816. The van der Waals surface area contributed by atoms with Gasteiger partial charge in [0.15, 0.2) is 0 Å². The maximum absolute atomic E-state index is 10.1. The van der Waals surface area contributed by atoms with Gasteiger partial charge in [-0.2, -0.15) is 0 Å². The third-order valence-electron chi connectivity index (χ3n) is 1.36. The Hall–Kier alpha value is -0.830. The van der Waals surface area contributed by atoms with E-state index < -0.39 is 5.97 Å². The summed E-state index contributed by atoms with van der Waals surface area (Å²) in [7, 11) is 0. The largest absolute Gasteiger partial charge is 0.481 e. The molecule has 0 unspecified atom stereocenters. The quantitative estimate of drug-likeness (QED) is 0.580. The molecule has 56 valence electrons. The highest BCUT2D eigenvalue weighted by molar-refractivity contribution is 5.67. The van der Waals surface area contributed by atoms with Crippen LogP contribution in [0, 0.1) is 0 Å². The molecule has 0 saturated heterocycles. The standard InChI is InChI=1S/C7H10O3/c1-5-2-3-6(10-5)4-7(8)9/h2-3,5-6H,4H2,1H3,(H,8,9)/t5-,6+/m0/s1. The van der Waals surface area contributed by atoms with Crippen LogP contribution in [0.1, 0.15) is 13.3 Å². The Kier molecular flexibility index (Phi) is 2.06. The van der Waals surface area contributed by atoms with E-state index in [-0.39, 0.29) is 18.6 Å². The van der Waals surface area contributed by atoms with Crippen molar-refractivity contribution in [3.8, 4) is 0 Å². The van der Waals surface area contributed by atoms with E-state index in [1.165, 1.54) is 0 Å². The van der Waals surface area contributed by atoms with Crippen molar-refractivity contribution < 1.29 is 14.6 Å². The molecule has 0 spiro atoms. The minimum atomic E-state index is -0.816. The molecule has 3 nitrogen and oxygen atoms in total. The summed E-state index contributed by atoms with van der Waals surface area (Å²) < 4.78 is 5.18. The van der Waals surface area contributed by atoms with Gasteiger partial charge in [0.05, 0.1) is 18.6 Å². The molecule has 10 heavy (non-hydrogen) atoms. The molecule has 0 aromatic heterocycles. The zero-order valence-electron chi connectivity index (χ0n) is 5.78. The summed E-state index contributed by atoms with van der Waals surface area (Å²) in [6.45, 7) is 1.89. The van der Waals surface area contributed by atoms with Gasteiger partial charge in [0.1, 0.15) is 0 Å². The first-order valence-electron chi connectivity index (χ1n) is 3.24. The summed E-state index contributed by atoms with van der Waals surface area (Å²) in [5.41, 5.74) is 0. The molecule has 1 heterocycles. The van der Waals surface area contributed by atoms with Crippen LogP contribution in [0.3, 0.4) is 0 Å². The predicted octanol–water partition coefficient (Wildman–Crippen LogP) is 0.805. The molecule has 0 fully saturated rings. The normalized spacial score (nSPS) is 30.9. The second-order valence-corrected chi connectivity index (χ2v) is 2.36. The molecule has 1 aliphatic rings. The second kappa shape index (κ2) is 2.84. The number of rotatable bonds is 2. The molecule has 1 aliphatic heterocycles. The number of hydrogen-bond acceptors (Lipinski definition) is 2. The van der Waals surface area contributed by atoms with Crippen LogP contribution in [0.15, 0.2) is 12.2 Å².